The number of hydrogen-bond donors (Lipinski definition) is 6. The van der Waals surface area contributed by atoms with Gasteiger partial charge in [0.2, 0.25) is 16.8 Å². The molecule has 0 aliphatic heterocycles. The Labute approximate surface area is 182 Å². The van der Waals surface area contributed by atoms with Crippen molar-refractivity contribution in [1.29, 1.82) is 0 Å². The van der Waals surface area contributed by atoms with E-state index in [1.54, 1.807) is 0 Å². The number of rotatable bonds is 11. The molecular formula is C21H26O11. The van der Waals surface area contributed by atoms with E-state index in [-0.39, 0.29) is 5.56 Å². The summed E-state index contributed by atoms with van der Waals surface area (Å²) < 4.78 is 0. The fraction of sp³-hybridized carbons (Fsp3) is 0.476. The number of phenolic OH excluding ortho intramolecular Hbond substituents is 1. The second-order valence-electron chi connectivity index (χ2n) is 7.60. The topological polar surface area (TPSA) is 207 Å². The lowest BCUT2D eigenvalue weighted by Crippen LogP contribution is -2.85. The smallest absolute Gasteiger partial charge is 0.220 e. The fourth-order valence-corrected chi connectivity index (χ4v) is 3.71. The van der Waals surface area contributed by atoms with Crippen LogP contribution in [0, 0.1) is 0 Å². The minimum Gasteiger partial charge on any atom is -0.508 e. The van der Waals surface area contributed by atoms with Gasteiger partial charge in [0.25, 0.3) is 0 Å². The third-order valence-electron chi connectivity index (χ3n) is 5.73. The summed E-state index contributed by atoms with van der Waals surface area (Å²) in [5.41, 5.74) is -15.8. The molecule has 6 N–H and O–H groups in total. The van der Waals surface area contributed by atoms with Crippen molar-refractivity contribution in [2.24, 2.45) is 0 Å². The van der Waals surface area contributed by atoms with Crippen molar-refractivity contribution < 1.29 is 54.6 Å². The fourth-order valence-electron chi connectivity index (χ4n) is 3.71. The summed E-state index contributed by atoms with van der Waals surface area (Å²) >= 11 is 0. The van der Waals surface area contributed by atoms with Crippen molar-refractivity contribution in [3.05, 3.63) is 29.8 Å². The standard InChI is InChI=1S/C21H26O11/c1-11(23)18(29,10-22)20(31,13(3)25)21(32,14(4)26)19(30,12(2)24)17(28)9-15-7-5-6-8-16(15)27/h5-8,22,27,29-32H,9-10H2,1-4H3/t18-,19-,20+,21+/m0/s1. The second kappa shape index (κ2) is 8.96. The Bertz CT molecular complexity index is 970. The minimum absolute atomic E-state index is 0.154. The number of carbonyl (C=O) groups is 5. The molecule has 0 radical (unpaired) electrons. The van der Waals surface area contributed by atoms with Gasteiger partial charge in [0.1, 0.15) is 5.75 Å². The van der Waals surface area contributed by atoms with Crippen LogP contribution in [0.2, 0.25) is 0 Å². The van der Waals surface area contributed by atoms with E-state index >= 15 is 0 Å². The van der Waals surface area contributed by atoms with E-state index in [9.17, 15) is 54.6 Å². The van der Waals surface area contributed by atoms with Crippen LogP contribution in [0.5, 0.6) is 5.75 Å². The van der Waals surface area contributed by atoms with E-state index in [0.717, 1.165) is 0 Å². The monoisotopic (exact) mass is 454 g/mol. The van der Waals surface area contributed by atoms with Crippen LogP contribution in [0.4, 0.5) is 0 Å². The zero-order chi connectivity index (χ0) is 25.3. The van der Waals surface area contributed by atoms with E-state index < -0.39 is 70.1 Å². The molecule has 11 nitrogen and oxygen atoms in total. The van der Waals surface area contributed by atoms with Gasteiger partial charge in [-0.3, -0.25) is 24.0 Å². The van der Waals surface area contributed by atoms with Crippen LogP contribution in [-0.2, 0) is 30.4 Å². The van der Waals surface area contributed by atoms with Gasteiger partial charge in [0.15, 0.2) is 34.5 Å². The number of Topliss-reactive ketones (excluding diaryl/α,β-unsaturated/α-hetero) is 5. The maximum absolute atomic E-state index is 13.1. The number of carbonyl (C=O) groups excluding carboxylic acids is 5. The molecule has 0 heterocycles. The van der Waals surface area contributed by atoms with Crippen LogP contribution in [0.25, 0.3) is 0 Å². The van der Waals surface area contributed by atoms with Gasteiger partial charge in [-0.1, -0.05) is 18.2 Å². The Kier molecular flexibility index (Phi) is 7.62. The maximum Gasteiger partial charge on any atom is 0.220 e. The molecule has 0 aliphatic rings. The molecule has 0 spiro atoms. The Morgan fingerprint density at radius 2 is 1.22 bits per heavy atom. The lowest BCUT2D eigenvalue weighted by atomic mass is 9.57. The Morgan fingerprint density at radius 3 is 1.56 bits per heavy atom. The molecule has 11 heteroatoms. The molecule has 0 bridgehead atoms. The molecule has 176 valence electrons. The SMILES string of the molecule is CC(=O)[C@](O)(C(=O)Cc1ccccc1O)[C@](O)(C(C)=O)[C@@](O)(C(C)=O)[C@](O)(CO)C(C)=O. The van der Waals surface area contributed by atoms with Gasteiger partial charge in [-0.2, -0.15) is 0 Å². The molecule has 0 fully saturated rings. The summed E-state index contributed by atoms with van der Waals surface area (Å²) in [6.07, 6.45) is -0.968. The maximum atomic E-state index is 13.1. The highest BCUT2D eigenvalue weighted by Gasteiger charge is 2.78. The highest BCUT2D eigenvalue weighted by atomic mass is 16.4. The molecule has 1 aromatic rings. The van der Waals surface area contributed by atoms with Crippen LogP contribution in [0.15, 0.2) is 24.3 Å². The average Bonchev–Trinajstić information content (AvgIpc) is 2.71. The molecule has 0 saturated carbocycles. The number of ketones is 5. The first-order chi connectivity index (χ1) is 14.5. The van der Waals surface area contributed by atoms with Crippen LogP contribution in [0.1, 0.15) is 33.3 Å². The first kappa shape index (κ1) is 27.2. The van der Waals surface area contributed by atoms with Gasteiger partial charge >= 0.3 is 0 Å². The van der Waals surface area contributed by atoms with Gasteiger partial charge in [0.05, 0.1) is 6.61 Å². The van der Waals surface area contributed by atoms with E-state index in [1.165, 1.54) is 24.3 Å². The molecule has 0 amide bonds. The number of aliphatic hydroxyl groups excluding tert-OH is 1. The number of aliphatic hydroxyl groups is 5. The number of para-hydroxylation sites is 1. The number of phenols is 1. The summed E-state index contributed by atoms with van der Waals surface area (Å²) in [4.78, 5) is 62.7. The molecule has 0 unspecified atom stereocenters. The van der Waals surface area contributed by atoms with Crippen molar-refractivity contribution in [3.63, 3.8) is 0 Å². The minimum atomic E-state index is -4.12. The zero-order valence-corrected chi connectivity index (χ0v) is 17.9. The van der Waals surface area contributed by atoms with E-state index in [0.29, 0.717) is 27.7 Å². The molecular weight excluding hydrogens is 428 g/mol. The van der Waals surface area contributed by atoms with E-state index in [2.05, 4.69) is 0 Å². The van der Waals surface area contributed by atoms with Gasteiger partial charge in [-0.05, 0) is 33.8 Å². The molecule has 4 atom stereocenters. The summed E-state index contributed by atoms with van der Waals surface area (Å²) in [5.74, 6) is -8.69. The first-order valence-corrected chi connectivity index (χ1v) is 9.34. The van der Waals surface area contributed by atoms with Crippen LogP contribution >= 0.6 is 0 Å². The predicted octanol–water partition coefficient (Wildman–Crippen LogP) is -2.22. The predicted molar refractivity (Wildman–Crippen MR) is 106 cm³/mol. The zero-order valence-electron chi connectivity index (χ0n) is 17.9. The molecule has 1 rings (SSSR count). The molecule has 0 aliphatic carbocycles. The quantitative estimate of drug-likeness (QED) is 0.197. The lowest BCUT2D eigenvalue weighted by molar-refractivity contribution is -0.265. The molecule has 0 saturated heterocycles. The van der Waals surface area contributed by atoms with Gasteiger partial charge < -0.3 is 30.6 Å². The van der Waals surface area contributed by atoms with E-state index in [4.69, 9.17) is 0 Å². The highest BCUT2D eigenvalue weighted by Crippen LogP contribution is 2.44. The normalized spacial score (nSPS) is 18.9. The third-order valence-corrected chi connectivity index (χ3v) is 5.73. The van der Waals surface area contributed by atoms with Gasteiger partial charge in [-0.15, -0.1) is 0 Å². The van der Waals surface area contributed by atoms with Crippen LogP contribution < -0.4 is 0 Å². The van der Waals surface area contributed by atoms with Crippen LogP contribution in [-0.4, -0.2) is 88.6 Å². The van der Waals surface area contributed by atoms with E-state index in [1.807, 2.05) is 0 Å². The van der Waals surface area contributed by atoms with Crippen LogP contribution in [0.3, 0.4) is 0 Å². The summed E-state index contributed by atoms with van der Waals surface area (Å²) in [5, 5.41) is 63.8. The Hall–Kier alpha value is -2.83. The second-order valence-corrected chi connectivity index (χ2v) is 7.60. The average molecular weight is 454 g/mol. The van der Waals surface area contributed by atoms with Crippen molar-refractivity contribution >= 4 is 28.9 Å². The van der Waals surface area contributed by atoms with Crippen molar-refractivity contribution in [2.75, 3.05) is 6.61 Å². The highest BCUT2D eigenvalue weighted by molar-refractivity contribution is 6.19. The Morgan fingerprint density at radius 1 is 0.750 bits per heavy atom. The third kappa shape index (κ3) is 3.57. The van der Waals surface area contributed by atoms with Crippen molar-refractivity contribution in [3.8, 4) is 5.75 Å². The first-order valence-electron chi connectivity index (χ1n) is 9.34. The molecule has 32 heavy (non-hydrogen) atoms. The lowest BCUT2D eigenvalue weighted by Gasteiger charge is -2.52. The van der Waals surface area contributed by atoms with Crippen molar-refractivity contribution in [2.45, 2.75) is 56.5 Å². The number of benzene rings is 1. The van der Waals surface area contributed by atoms with Crippen molar-refractivity contribution in [1.82, 2.24) is 0 Å². The van der Waals surface area contributed by atoms with Gasteiger partial charge in [0, 0.05) is 12.0 Å². The Balaban J connectivity index is 4.01. The largest absolute Gasteiger partial charge is 0.508 e. The number of aromatic hydroxyl groups is 1. The summed E-state index contributed by atoms with van der Waals surface area (Å²) in [6.45, 7) is 0.429. The summed E-state index contributed by atoms with van der Waals surface area (Å²) in [6, 6.07) is 5.17. The van der Waals surface area contributed by atoms with Gasteiger partial charge in [-0.25, -0.2) is 0 Å². The number of hydrogen-bond acceptors (Lipinski definition) is 11. The molecule has 1 aromatic carbocycles. The summed E-state index contributed by atoms with van der Waals surface area (Å²) in [7, 11) is 0. The molecule has 0 aromatic heterocycles.